The number of ether oxygens (including phenoxy) is 1. The molecule has 2 atom stereocenters. The van der Waals surface area contributed by atoms with E-state index in [1.54, 1.807) is 11.8 Å². The van der Waals surface area contributed by atoms with Gasteiger partial charge in [0.2, 0.25) is 0 Å². The van der Waals surface area contributed by atoms with Gasteiger partial charge in [0.25, 0.3) is 0 Å². The zero-order valence-electron chi connectivity index (χ0n) is 21.0. The summed E-state index contributed by atoms with van der Waals surface area (Å²) in [5.74, 6) is 0. The van der Waals surface area contributed by atoms with Gasteiger partial charge in [0.15, 0.2) is 0 Å². The summed E-state index contributed by atoms with van der Waals surface area (Å²) in [6.07, 6.45) is 0.563. The van der Waals surface area contributed by atoms with Crippen molar-refractivity contribution in [2.24, 2.45) is 0 Å². The highest BCUT2D eigenvalue weighted by atomic mass is 32.2. The van der Waals surface area contributed by atoms with Crippen molar-refractivity contribution in [2.75, 3.05) is 13.2 Å². The van der Waals surface area contributed by atoms with Gasteiger partial charge < -0.3 is 4.74 Å². The van der Waals surface area contributed by atoms with Gasteiger partial charge in [0.05, 0.1) is 24.0 Å². The maximum absolute atomic E-state index is 12.4. The molecule has 7 heteroatoms. The number of nitrogens with zero attached hydrogens (tertiary/aromatic N) is 1. The molecule has 1 aliphatic rings. The highest BCUT2D eigenvalue weighted by Gasteiger charge is 2.45. The summed E-state index contributed by atoms with van der Waals surface area (Å²) in [4.78, 5) is 0. The lowest BCUT2D eigenvalue weighted by Gasteiger charge is -2.37. The summed E-state index contributed by atoms with van der Waals surface area (Å²) < 4.78 is 41.5. The van der Waals surface area contributed by atoms with Crippen molar-refractivity contribution in [3.05, 3.63) is 144 Å². The predicted octanol–water partition coefficient (Wildman–Crippen LogP) is 6.17. The van der Waals surface area contributed by atoms with Crippen LogP contribution >= 0.6 is 11.8 Å². The molecule has 1 N–H and O–H groups in total. The molecule has 1 saturated heterocycles. The second-order valence-electron chi connectivity index (χ2n) is 9.46. The molecule has 4 aromatic carbocycles. The summed E-state index contributed by atoms with van der Waals surface area (Å²) >= 11 is 1.74. The Morgan fingerprint density at radius 1 is 0.763 bits per heavy atom. The smallest absolute Gasteiger partial charge is 0.336 e. The fraction of sp³-hybridized carbons (Fsp3) is 0.226. The van der Waals surface area contributed by atoms with Crippen LogP contribution < -0.4 is 0 Å². The molecule has 0 bridgehead atoms. The molecular weight excluding hydrogens is 514 g/mol. The van der Waals surface area contributed by atoms with Crippen molar-refractivity contribution in [2.45, 2.75) is 29.1 Å². The molecule has 1 aliphatic heterocycles. The van der Waals surface area contributed by atoms with Gasteiger partial charge in [-0.1, -0.05) is 121 Å². The lowest BCUT2D eigenvalue weighted by Crippen LogP contribution is -2.38. The Morgan fingerprint density at radius 2 is 1.21 bits per heavy atom. The Morgan fingerprint density at radius 3 is 1.66 bits per heavy atom. The number of thioether (sulfide) groups is 1. The maximum Gasteiger partial charge on any atom is 0.336 e. The highest BCUT2D eigenvalue weighted by Crippen LogP contribution is 2.52. The number of hydrogen-bond donors (Lipinski definition) is 1. The lowest BCUT2D eigenvalue weighted by atomic mass is 9.84. The fourth-order valence-corrected chi connectivity index (χ4v) is 8.08. The van der Waals surface area contributed by atoms with E-state index in [9.17, 15) is 13.0 Å². The topological polar surface area (TPSA) is 66.8 Å². The Hall–Kier alpha value is -2.94. The van der Waals surface area contributed by atoms with E-state index in [2.05, 4.69) is 36.4 Å². The minimum absolute atomic E-state index is 0.0807. The van der Waals surface area contributed by atoms with Gasteiger partial charge in [-0.2, -0.15) is 12.7 Å². The summed E-state index contributed by atoms with van der Waals surface area (Å²) in [5.41, 5.74) is 4.37. The van der Waals surface area contributed by atoms with E-state index in [-0.39, 0.29) is 18.4 Å². The summed E-state index contributed by atoms with van der Waals surface area (Å²) in [5, 5.41) is -0.0807. The molecule has 0 aliphatic carbocycles. The molecule has 38 heavy (non-hydrogen) atoms. The molecule has 196 valence electrons. The van der Waals surface area contributed by atoms with Gasteiger partial charge in [-0.15, -0.1) is 11.8 Å². The van der Waals surface area contributed by atoms with Crippen LogP contribution in [0.1, 0.15) is 28.7 Å². The number of hydrogen-bond acceptors (Lipinski definition) is 4. The van der Waals surface area contributed by atoms with Crippen LogP contribution in [0.4, 0.5) is 0 Å². The van der Waals surface area contributed by atoms with Crippen LogP contribution in [-0.2, 0) is 26.4 Å². The van der Waals surface area contributed by atoms with E-state index in [1.165, 1.54) is 4.31 Å². The van der Waals surface area contributed by atoms with E-state index in [1.807, 2.05) is 84.9 Å². The number of rotatable bonds is 10. The molecular formula is C31H31NO4S2. The third-order valence-corrected chi connectivity index (χ3v) is 9.70. The normalized spacial score (nSPS) is 18.4. The van der Waals surface area contributed by atoms with E-state index < -0.39 is 21.1 Å². The molecule has 1 fully saturated rings. The van der Waals surface area contributed by atoms with Gasteiger partial charge in [-0.3, -0.25) is 4.55 Å². The standard InChI is InChI=1S/C31H31NO4S2/c33-38(34,35)32-22-30(21-29(32)24-36-23-25-13-5-1-6-14-25)37-31(26-15-7-2-8-16-26,27-17-9-3-10-18-27)28-19-11-4-12-20-28/h1-20,29-30H,21-24H2,(H,33,34,35). The van der Waals surface area contributed by atoms with Crippen molar-refractivity contribution < 1.29 is 17.7 Å². The predicted molar refractivity (Wildman–Crippen MR) is 153 cm³/mol. The molecule has 0 saturated carbocycles. The third-order valence-electron chi connectivity index (χ3n) is 6.93. The van der Waals surface area contributed by atoms with Crippen LogP contribution in [0.5, 0.6) is 0 Å². The lowest BCUT2D eigenvalue weighted by molar-refractivity contribution is 0.0853. The Labute approximate surface area is 229 Å². The minimum atomic E-state index is -4.39. The van der Waals surface area contributed by atoms with E-state index in [0.29, 0.717) is 13.0 Å². The van der Waals surface area contributed by atoms with Crippen LogP contribution in [0.2, 0.25) is 0 Å². The van der Waals surface area contributed by atoms with Gasteiger partial charge in [0, 0.05) is 11.8 Å². The van der Waals surface area contributed by atoms with E-state index >= 15 is 0 Å². The van der Waals surface area contributed by atoms with Gasteiger partial charge >= 0.3 is 10.3 Å². The van der Waals surface area contributed by atoms with Gasteiger partial charge in [0.1, 0.15) is 0 Å². The highest BCUT2D eigenvalue weighted by molar-refractivity contribution is 8.01. The molecule has 1 heterocycles. The Balaban J connectivity index is 1.48. The quantitative estimate of drug-likeness (QED) is 0.191. The van der Waals surface area contributed by atoms with Crippen LogP contribution in [0.15, 0.2) is 121 Å². The molecule has 0 amide bonds. The molecule has 0 aromatic heterocycles. The molecule has 0 radical (unpaired) electrons. The number of benzene rings is 4. The van der Waals surface area contributed by atoms with Crippen LogP contribution in [-0.4, -0.2) is 41.7 Å². The van der Waals surface area contributed by atoms with Crippen molar-refractivity contribution in [1.82, 2.24) is 4.31 Å². The Kier molecular flexibility index (Phi) is 8.31. The first-order chi connectivity index (χ1) is 18.5. The van der Waals surface area contributed by atoms with Crippen LogP contribution in [0, 0.1) is 0 Å². The second-order valence-corrected chi connectivity index (χ2v) is 12.3. The van der Waals surface area contributed by atoms with Crippen LogP contribution in [0.3, 0.4) is 0 Å². The maximum atomic E-state index is 12.4. The molecule has 4 aromatic rings. The third kappa shape index (κ3) is 5.87. The minimum Gasteiger partial charge on any atom is -0.375 e. The summed E-state index contributed by atoms with van der Waals surface area (Å²) in [6, 6.07) is 40.3. The van der Waals surface area contributed by atoms with E-state index in [0.717, 1.165) is 22.3 Å². The molecule has 5 nitrogen and oxygen atoms in total. The first kappa shape index (κ1) is 26.7. The first-order valence-electron chi connectivity index (χ1n) is 12.7. The SMILES string of the molecule is O=S(=O)(O)N1CC(SC(c2ccccc2)(c2ccccc2)c2ccccc2)CC1COCc1ccccc1. The van der Waals surface area contributed by atoms with Crippen LogP contribution in [0.25, 0.3) is 0 Å². The van der Waals surface area contributed by atoms with Crippen molar-refractivity contribution in [1.29, 1.82) is 0 Å². The molecule has 5 rings (SSSR count). The second kappa shape index (κ2) is 11.8. The average molecular weight is 546 g/mol. The van der Waals surface area contributed by atoms with E-state index in [4.69, 9.17) is 4.74 Å². The van der Waals surface area contributed by atoms with Gasteiger partial charge in [-0.05, 0) is 28.7 Å². The summed E-state index contributed by atoms with van der Waals surface area (Å²) in [7, 11) is -4.39. The summed E-state index contributed by atoms with van der Waals surface area (Å²) in [6.45, 7) is 0.800. The van der Waals surface area contributed by atoms with Gasteiger partial charge in [-0.25, -0.2) is 0 Å². The Bertz CT molecular complexity index is 1310. The van der Waals surface area contributed by atoms with Crippen molar-refractivity contribution in [3.63, 3.8) is 0 Å². The average Bonchev–Trinajstić information content (AvgIpc) is 3.37. The van der Waals surface area contributed by atoms with Crippen molar-refractivity contribution in [3.8, 4) is 0 Å². The van der Waals surface area contributed by atoms with Crippen molar-refractivity contribution >= 4 is 22.1 Å². The zero-order valence-corrected chi connectivity index (χ0v) is 22.6. The molecule has 2 unspecified atom stereocenters. The largest absolute Gasteiger partial charge is 0.375 e. The molecule has 0 spiro atoms. The fourth-order valence-electron chi connectivity index (χ4n) is 5.22. The monoisotopic (exact) mass is 545 g/mol. The first-order valence-corrected chi connectivity index (χ1v) is 14.9. The zero-order chi connectivity index (χ0) is 26.4.